The van der Waals surface area contributed by atoms with Gasteiger partial charge in [-0.3, -0.25) is 13.9 Å². The largest absolute Gasteiger partial charge is 0.497 e. The Bertz CT molecular complexity index is 1470. The maximum Gasteiger partial charge on any atom is 0.332 e. The van der Waals surface area contributed by atoms with Gasteiger partial charge in [0.15, 0.2) is 11.2 Å². The highest BCUT2D eigenvalue weighted by atomic mass is 19.1. The molecule has 9 heteroatoms. The molecule has 1 aliphatic heterocycles. The summed E-state index contributed by atoms with van der Waals surface area (Å²) in [4.78, 5) is 33.4. The molecular weight excluding hydrogens is 425 g/mol. The van der Waals surface area contributed by atoms with E-state index >= 15 is 0 Å². The van der Waals surface area contributed by atoms with Crippen molar-refractivity contribution in [2.75, 3.05) is 18.6 Å². The Labute approximate surface area is 189 Å². The molecular formula is C24H24FN5O3. The maximum atomic E-state index is 13.5. The zero-order chi connectivity index (χ0) is 23.3. The highest BCUT2D eigenvalue weighted by Crippen LogP contribution is 2.34. The number of hydrogen-bond acceptors (Lipinski definition) is 5. The highest BCUT2D eigenvalue weighted by Gasteiger charge is 2.30. The van der Waals surface area contributed by atoms with E-state index < -0.39 is 11.2 Å². The number of imidazole rings is 1. The van der Waals surface area contributed by atoms with E-state index in [1.807, 2.05) is 33.7 Å². The summed E-state index contributed by atoms with van der Waals surface area (Å²) >= 11 is 0. The van der Waals surface area contributed by atoms with Gasteiger partial charge in [0.25, 0.3) is 5.56 Å². The number of fused-ring (bicyclic) bond motifs is 3. The first kappa shape index (κ1) is 21.0. The third-order valence-electron chi connectivity index (χ3n) is 6.06. The lowest BCUT2D eigenvalue weighted by molar-refractivity contribution is 0.414. The second-order valence-electron chi connectivity index (χ2n) is 8.47. The number of aryl methyl sites for hydroxylation is 1. The molecule has 0 radical (unpaired) electrons. The van der Waals surface area contributed by atoms with E-state index in [0.717, 1.165) is 11.4 Å². The zero-order valence-electron chi connectivity index (χ0n) is 18.7. The second-order valence-corrected chi connectivity index (χ2v) is 8.47. The number of methoxy groups -OCH3 is 1. The lowest BCUT2D eigenvalue weighted by Crippen LogP contribution is -2.40. The van der Waals surface area contributed by atoms with E-state index in [0.29, 0.717) is 35.8 Å². The summed E-state index contributed by atoms with van der Waals surface area (Å²) in [6.07, 6.45) is 0. The average molecular weight is 449 g/mol. The van der Waals surface area contributed by atoms with Crippen LogP contribution in [0.1, 0.15) is 12.5 Å². The first-order valence-corrected chi connectivity index (χ1v) is 10.7. The number of rotatable bonds is 4. The van der Waals surface area contributed by atoms with Crippen molar-refractivity contribution < 1.29 is 9.13 Å². The minimum absolute atomic E-state index is 0.0530. The van der Waals surface area contributed by atoms with Crippen LogP contribution < -0.4 is 20.9 Å². The van der Waals surface area contributed by atoms with E-state index in [9.17, 15) is 14.0 Å². The first-order valence-electron chi connectivity index (χ1n) is 10.7. The van der Waals surface area contributed by atoms with Gasteiger partial charge in [-0.2, -0.15) is 4.98 Å². The summed E-state index contributed by atoms with van der Waals surface area (Å²) in [6.45, 7) is 3.49. The van der Waals surface area contributed by atoms with Crippen LogP contribution >= 0.6 is 0 Å². The van der Waals surface area contributed by atoms with Gasteiger partial charge < -0.3 is 14.2 Å². The Morgan fingerprint density at radius 1 is 1.12 bits per heavy atom. The lowest BCUT2D eigenvalue weighted by Gasteiger charge is -2.33. The van der Waals surface area contributed by atoms with Crippen molar-refractivity contribution in [1.82, 2.24) is 18.7 Å². The van der Waals surface area contributed by atoms with Gasteiger partial charge in [-0.15, -0.1) is 0 Å². The number of ether oxygens (including phenoxy) is 1. The molecule has 0 saturated heterocycles. The van der Waals surface area contributed by atoms with Crippen LogP contribution in [0.3, 0.4) is 0 Å². The molecule has 0 amide bonds. The molecule has 33 heavy (non-hydrogen) atoms. The summed E-state index contributed by atoms with van der Waals surface area (Å²) < 4.78 is 23.2. The van der Waals surface area contributed by atoms with Crippen molar-refractivity contribution in [3.63, 3.8) is 0 Å². The van der Waals surface area contributed by atoms with Crippen LogP contribution in [-0.4, -0.2) is 32.3 Å². The zero-order valence-corrected chi connectivity index (χ0v) is 18.7. The van der Waals surface area contributed by atoms with Gasteiger partial charge in [0.2, 0.25) is 5.95 Å². The van der Waals surface area contributed by atoms with E-state index in [-0.39, 0.29) is 18.3 Å². The molecule has 170 valence electrons. The van der Waals surface area contributed by atoms with Crippen LogP contribution in [0.4, 0.5) is 16.0 Å². The molecule has 0 saturated carbocycles. The fourth-order valence-corrected chi connectivity index (χ4v) is 4.41. The molecule has 2 aromatic carbocycles. The number of halogens is 1. The highest BCUT2D eigenvalue weighted by molar-refractivity contribution is 5.77. The molecule has 0 aliphatic carbocycles. The van der Waals surface area contributed by atoms with E-state index in [4.69, 9.17) is 9.72 Å². The monoisotopic (exact) mass is 449 g/mol. The normalized spacial score (nSPS) is 15.6. The molecule has 1 unspecified atom stereocenters. The molecule has 4 aromatic rings. The molecule has 5 rings (SSSR count). The minimum atomic E-state index is -0.465. The fourth-order valence-electron chi connectivity index (χ4n) is 4.41. The Kier molecular flexibility index (Phi) is 5.03. The summed E-state index contributed by atoms with van der Waals surface area (Å²) in [5.74, 6) is 1.21. The predicted octanol–water partition coefficient (Wildman–Crippen LogP) is 2.88. The van der Waals surface area contributed by atoms with Crippen molar-refractivity contribution in [1.29, 1.82) is 0 Å². The molecule has 0 fully saturated rings. The van der Waals surface area contributed by atoms with E-state index in [2.05, 4.69) is 6.92 Å². The Morgan fingerprint density at radius 2 is 1.88 bits per heavy atom. The first-order chi connectivity index (χ1) is 15.9. The average Bonchev–Trinajstić information content (AvgIpc) is 3.20. The Balaban J connectivity index is 1.70. The minimum Gasteiger partial charge on any atom is -0.497 e. The number of nitrogens with zero attached hydrogens (tertiary/aromatic N) is 5. The van der Waals surface area contributed by atoms with Crippen LogP contribution in [0, 0.1) is 11.7 Å². The number of hydrogen-bond donors (Lipinski definition) is 0. The third-order valence-corrected chi connectivity index (χ3v) is 6.06. The van der Waals surface area contributed by atoms with Gasteiger partial charge >= 0.3 is 5.69 Å². The summed E-state index contributed by atoms with van der Waals surface area (Å²) in [5, 5.41) is 0. The smallest absolute Gasteiger partial charge is 0.332 e. The Morgan fingerprint density at radius 3 is 2.61 bits per heavy atom. The summed E-state index contributed by atoms with van der Waals surface area (Å²) in [7, 11) is 3.23. The fraction of sp³-hybridized carbons (Fsp3) is 0.292. The van der Waals surface area contributed by atoms with Crippen molar-refractivity contribution in [3.8, 4) is 5.75 Å². The van der Waals surface area contributed by atoms with Gasteiger partial charge in [0.05, 0.1) is 13.7 Å². The number of aromatic nitrogens is 4. The molecule has 0 N–H and O–H groups in total. The van der Waals surface area contributed by atoms with Gasteiger partial charge in [0.1, 0.15) is 11.6 Å². The van der Waals surface area contributed by atoms with Gasteiger partial charge in [-0.1, -0.05) is 25.1 Å². The second kappa shape index (κ2) is 7.91. The van der Waals surface area contributed by atoms with Crippen LogP contribution in [0.25, 0.3) is 11.2 Å². The van der Waals surface area contributed by atoms with Crippen molar-refractivity contribution in [2.45, 2.75) is 20.0 Å². The van der Waals surface area contributed by atoms with Crippen molar-refractivity contribution >= 4 is 22.8 Å². The molecule has 1 atom stereocenters. The van der Waals surface area contributed by atoms with Crippen molar-refractivity contribution in [3.05, 3.63) is 80.7 Å². The predicted molar refractivity (Wildman–Crippen MR) is 124 cm³/mol. The van der Waals surface area contributed by atoms with Gasteiger partial charge in [0, 0.05) is 31.9 Å². The number of anilines is 2. The molecule has 0 bridgehead atoms. The Hall–Kier alpha value is -3.88. The SMILES string of the molecule is COc1cccc(N2CC(C)Cn3c2nc2c3c(=O)n(Cc3ccc(F)cc3)c(=O)n2C)c1. The van der Waals surface area contributed by atoms with Crippen LogP contribution in [0.2, 0.25) is 0 Å². The third kappa shape index (κ3) is 3.49. The van der Waals surface area contributed by atoms with E-state index in [1.54, 1.807) is 26.3 Å². The summed E-state index contributed by atoms with van der Waals surface area (Å²) in [5.41, 5.74) is 1.42. The van der Waals surface area contributed by atoms with Crippen LogP contribution in [0.5, 0.6) is 5.75 Å². The topological polar surface area (TPSA) is 74.3 Å². The lowest BCUT2D eigenvalue weighted by atomic mass is 10.1. The molecule has 1 aliphatic rings. The quantitative estimate of drug-likeness (QED) is 0.479. The van der Waals surface area contributed by atoms with Gasteiger partial charge in [-0.25, -0.2) is 9.18 Å². The van der Waals surface area contributed by atoms with E-state index in [1.165, 1.54) is 21.3 Å². The molecule has 0 spiro atoms. The van der Waals surface area contributed by atoms with Crippen LogP contribution in [0.15, 0.2) is 58.1 Å². The maximum absolute atomic E-state index is 13.5. The standard InChI is InChI=1S/C24H24FN5O3/c1-15-12-28(18-5-4-6-19(11-18)33-3)23-26-21-20(29(23)13-15)22(31)30(24(32)27(21)2)14-16-7-9-17(25)10-8-16/h4-11,15H,12-14H2,1-3H3. The van der Waals surface area contributed by atoms with Gasteiger partial charge in [-0.05, 0) is 35.7 Å². The van der Waals surface area contributed by atoms with Crippen molar-refractivity contribution in [2.24, 2.45) is 13.0 Å². The molecule has 3 heterocycles. The number of benzene rings is 2. The molecule has 2 aromatic heterocycles. The summed E-state index contributed by atoms with van der Waals surface area (Å²) in [6, 6.07) is 13.5. The van der Waals surface area contributed by atoms with Crippen LogP contribution in [-0.2, 0) is 20.1 Å². The molecule has 8 nitrogen and oxygen atoms in total.